The van der Waals surface area contributed by atoms with Crippen molar-refractivity contribution in [3.05, 3.63) is 64.1 Å². The number of benzene rings is 2. The van der Waals surface area contributed by atoms with Crippen molar-refractivity contribution in [3.63, 3.8) is 0 Å². The van der Waals surface area contributed by atoms with E-state index >= 15 is 0 Å². The van der Waals surface area contributed by atoms with Gasteiger partial charge in [0.05, 0.1) is 15.7 Å². The van der Waals surface area contributed by atoms with Gasteiger partial charge in [0.15, 0.2) is 0 Å². The molecule has 0 atom stereocenters. The lowest BCUT2D eigenvalue weighted by molar-refractivity contribution is -0.134. The number of hydrogen-bond acceptors (Lipinski definition) is 2. The monoisotopic (exact) mass is 362 g/mol. The minimum absolute atomic E-state index is 0.271. The normalized spacial score (nSPS) is 14.8. The number of amides is 2. The molecule has 0 spiro atoms. The zero-order valence-electron chi connectivity index (χ0n) is 12.8. The molecular weight excluding hydrogens is 347 g/mol. The Balaban J connectivity index is 1.67. The Labute approximate surface area is 150 Å². The van der Waals surface area contributed by atoms with E-state index in [4.69, 9.17) is 23.2 Å². The molecule has 1 fully saturated rings. The van der Waals surface area contributed by atoms with Crippen molar-refractivity contribution in [2.24, 2.45) is 5.41 Å². The first kappa shape index (κ1) is 16.8. The molecule has 2 aromatic rings. The Morgan fingerprint density at radius 2 is 1.54 bits per heavy atom. The van der Waals surface area contributed by atoms with Crippen LogP contribution >= 0.6 is 23.2 Å². The summed E-state index contributed by atoms with van der Waals surface area (Å²) in [5, 5.41) is 6.22. The van der Waals surface area contributed by atoms with Crippen LogP contribution in [0.5, 0.6) is 0 Å². The van der Waals surface area contributed by atoms with E-state index in [1.165, 1.54) is 0 Å². The van der Waals surface area contributed by atoms with Crippen LogP contribution < -0.4 is 10.6 Å². The highest BCUT2D eigenvalue weighted by atomic mass is 35.5. The summed E-state index contributed by atoms with van der Waals surface area (Å²) in [7, 11) is 0. The molecule has 0 saturated heterocycles. The van der Waals surface area contributed by atoms with Crippen LogP contribution in [-0.4, -0.2) is 11.8 Å². The Morgan fingerprint density at radius 3 is 2.12 bits per heavy atom. The summed E-state index contributed by atoms with van der Waals surface area (Å²) in [6.07, 6.45) is 1.03. The van der Waals surface area contributed by atoms with Gasteiger partial charge >= 0.3 is 0 Å². The fraction of sp³-hybridized carbons (Fsp3) is 0.222. The van der Waals surface area contributed by atoms with Crippen molar-refractivity contribution in [3.8, 4) is 0 Å². The first-order valence-electron chi connectivity index (χ1n) is 7.61. The maximum absolute atomic E-state index is 12.6. The molecule has 0 bridgehead atoms. The van der Waals surface area contributed by atoms with Gasteiger partial charge in [-0.3, -0.25) is 9.59 Å². The van der Waals surface area contributed by atoms with Crippen LogP contribution in [-0.2, 0) is 16.1 Å². The fourth-order valence-corrected chi connectivity index (χ4v) is 2.97. The first-order chi connectivity index (χ1) is 11.5. The predicted molar refractivity (Wildman–Crippen MR) is 95.0 cm³/mol. The number of carbonyl (C=O) groups excluding carboxylic acids is 2. The largest absolute Gasteiger partial charge is 0.351 e. The molecule has 3 rings (SSSR count). The molecule has 0 unspecified atom stereocenters. The highest BCUT2D eigenvalue weighted by molar-refractivity contribution is 6.40. The van der Waals surface area contributed by atoms with Gasteiger partial charge in [-0.1, -0.05) is 59.6 Å². The lowest BCUT2D eigenvalue weighted by atomic mass is 10.0. The molecular formula is C18H16Cl2N2O2. The van der Waals surface area contributed by atoms with E-state index in [-0.39, 0.29) is 11.8 Å². The highest BCUT2D eigenvalue weighted by Crippen LogP contribution is 2.47. The minimum Gasteiger partial charge on any atom is -0.351 e. The van der Waals surface area contributed by atoms with Crippen molar-refractivity contribution >= 4 is 40.7 Å². The van der Waals surface area contributed by atoms with Gasteiger partial charge in [0.25, 0.3) is 0 Å². The molecule has 0 aliphatic heterocycles. The standard InChI is InChI=1S/C18H16Cl2N2O2/c19-13-7-4-8-14(20)15(13)22-17(24)18(9-10-18)16(23)21-11-12-5-2-1-3-6-12/h1-8H,9-11H2,(H,21,23)(H,22,24). The second-order valence-electron chi connectivity index (χ2n) is 5.80. The average Bonchev–Trinajstić information content (AvgIpc) is 3.39. The summed E-state index contributed by atoms with van der Waals surface area (Å²) in [6.45, 7) is 0.390. The molecule has 2 aromatic carbocycles. The third kappa shape index (κ3) is 3.40. The quantitative estimate of drug-likeness (QED) is 0.788. The molecule has 2 amide bonds. The Hall–Kier alpha value is -2.04. The van der Waals surface area contributed by atoms with E-state index in [1.54, 1.807) is 18.2 Å². The Morgan fingerprint density at radius 1 is 0.917 bits per heavy atom. The first-order valence-corrected chi connectivity index (χ1v) is 8.36. The minimum atomic E-state index is -1.03. The van der Waals surface area contributed by atoms with Crippen LogP contribution in [0.4, 0.5) is 5.69 Å². The van der Waals surface area contributed by atoms with Gasteiger partial charge in [0.2, 0.25) is 11.8 Å². The highest BCUT2D eigenvalue weighted by Gasteiger charge is 2.56. The van der Waals surface area contributed by atoms with E-state index in [0.717, 1.165) is 5.56 Å². The molecule has 24 heavy (non-hydrogen) atoms. The molecule has 0 radical (unpaired) electrons. The van der Waals surface area contributed by atoms with Crippen molar-refractivity contribution in [1.29, 1.82) is 0 Å². The van der Waals surface area contributed by atoms with Gasteiger partial charge in [-0.15, -0.1) is 0 Å². The SMILES string of the molecule is O=C(NCc1ccccc1)C1(C(=O)Nc2c(Cl)cccc2Cl)CC1. The van der Waals surface area contributed by atoms with E-state index in [0.29, 0.717) is 35.1 Å². The van der Waals surface area contributed by atoms with Crippen LogP contribution in [0.15, 0.2) is 48.5 Å². The van der Waals surface area contributed by atoms with Crippen LogP contribution in [0.3, 0.4) is 0 Å². The van der Waals surface area contributed by atoms with E-state index < -0.39 is 5.41 Å². The summed E-state index contributed by atoms with van der Waals surface area (Å²) in [6, 6.07) is 14.5. The molecule has 124 valence electrons. The zero-order chi connectivity index (χ0) is 17.2. The van der Waals surface area contributed by atoms with Crippen molar-refractivity contribution in [2.75, 3.05) is 5.32 Å². The predicted octanol–water partition coefficient (Wildman–Crippen LogP) is 4.03. The van der Waals surface area contributed by atoms with E-state index in [1.807, 2.05) is 30.3 Å². The van der Waals surface area contributed by atoms with Crippen molar-refractivity contribution in [2.45, 2.75) is 19.4 Å². The summed E-state index contributed by atoms with van der Waals surface area (Å²) in [5.41, 5.74) is 0.293. The van der Waals surface area contributed by atoms with Gasteiger partial charge in [-0.25, -0.2) is 0 Å². The number of carbonyl (C=O) groups is 2. The maximum Gasteiger partial charge on any atom is 0.240 e. The van der Waals surface area contributed by atoms with Crippen LogP contribution in [0.2, 0.25) is 10.0 Å². The number of anilines is 1. The fourth-order valence-electron chi connectivity index (χ4n) is 2.48. The number of nitrogens with one attached hydrogen (secondary N) is 2. The molecule has 1 aliphatic rings. The number of hydrogen-bond donors (Lipinski definition) is 2. The lowest BCUT2D eigenvalue weighted by Crippen LogP contribution is -2.39. The summed E-state index contributed by atoms with van der Waals surface area (Å²) in [4.78, 5) is 25.0. The molecule has 1 saturated carbocycles. The Bertz CT molecular complexity index is 754. The third-order valence-electron chi connectivity index (χ3n) is 4.12. The number of rotatable bonds is 5. The zero-order valence-corrected chi connectivity index (χ0v) is 14.3. The van der Waals surface area contributed by atoms with Gasteiger partial charge in [0, 0.05) is 6.54 Å². The third-order valence-corrected chi connectivity index (χ3v) is 4.75. The molecule has 2 N–H and O–H groups in total. The van der Waals surface area contributed by atoms with Crippen LogP contribution in [0.25, 0.3) is 0 Å². The van der Waals surface area contributed by atoms with Crippen LogP contribution in [0, 0.1) is 5.41 Å². The lowest BCUT2D eigenvalue weighted by Gasteiger charge is -2.16. The molecule has 6 heteroatoms. The van der Waals surface area contributed by atoms with Gasteiger partial charge < -0.3 is 10.6 Å². The molecule has 0 heterocycles. The average molecular weight is 363 g/mol. The number of para-hydroxylation sites is 1. The second-order valence-corrected chi connectivity index (χ2v) is 6.62. The van der Waals surface area contributed by atoms with Crippen molar-refractivity contribution < 1.29 is 9.59 Å². The molecule has 4 nitrogen and oxygen atoms in total. The van der Waals surface area contributed by atoms with Gasteiger partial charge in [0.1, 0.15) is 5.41 Å². The number of halogens is 2. The van der Waals surface area contributed by atoms with Gasteiger partial charge in [-0.05, 0) is 30.5 Å². The summed E-state index contributed by atoms with van der Waals surface area (Å²) >= 11 is 12.1. The topological polar surface area (TPSA) is 58.2 Å². The summed E-state index contributed by atoms with van der Waals surface area (Å²) in [5.74, 6) is -0.643. The molecule has 0 aromatic heterocycles. The smallest absolute Gasteiger partial charge is 0.240 e. The Kier molecular flexibility index (Phi) is 4.78. The van der Waals surface area contributed by atoms with Crippen molar-refractivity contribution in [1.82, 2.24) is 5.32 Å². The van der Waals surface area contributed by atoms with Gasteiger partial charge in [-0.2, -0.15) is 0 Å². The van der Waals surface area contributed by atoms with E-state index in [2.05, 4.69) is 10.6 Å². The van der Waals surface area contributed by atoms with Crippen LogP contribution in [0.1, 0.15) is 18.4 Å². The summed E-state index contributed by atoms with van der Waals surface area (Å²) < 4.78 is 0. The van der Waals surface area contributed by atoms with E-state index in [9.17, 15) is 9.59 Å². The maximum atomic E-state index is 12.6. The molecule has 1 aliphatic carbocycles. The second kappa shape index (κ2) is 6.83.